The van der Waals surface area contributed by atoms with E-state index in [1.807, 2.05) is 7.05 Å². The molecule has 3 nitrogen and oxygen atoms in total. The molecule has 0 spiro atoms. The van der Waals surface area contributed by atoms with Gasteiger partial charge in [0, 0.05) is 11.8 Å². The molecule has 0 aromatic rings. The lowest BCUT2D eigenvalue weighted by Crippen LogP contribution is -2.43. The summed E-state index contributed by atoms with van der Waals surface area (Å²) < 4.78 is 5.02. The van der Waals surface area contributed by atoms with Crippen LogP contribution in [-0.4, -0.2) is 42.9 Å². The number of nitrogens with zero attached hydrogens (tertiary/aromatic N) is 1. The van der Waals surface area contributed by atoms with E-state index >= 15 is 0 Å². The third-order valence-corrected chi connectivity index (χ3v) is 3.04. The first kappa shape index (κ1) is 11.6. The number of hydrogen-bond donors (Lipinski definition) is 1. The van der Waals surface area contributed by atoms with Gasteiger partial charge in [0.25, 0.3) is 0 Å². The lowest BCUT2D eigenvalue weighted by atomic mass is 9.98. The molecule has 2 unspecified atom stereocenters. The lowest BCUT2D eigenvalue weighted by Gasteiger charge is -2.32. The van der Waals surface area contributed by atoms with Gasteiger partial charge in [-0.1, -0.05) is 12.7 Å². The first-order chi connectivity index (χ1) is 6.65. The molecule has 14 heavy (non-hydrogen) atoms. The number of thiol groups is 1. The predicted molar refractivity (Wildman–Crippen MR) is 59.5 cm³/mol. The van der Waals surface area contributed by atoms with Gasteiger partial charge in [-0.15, -0.1) is 0 Å². The Kier molecular flexibility index (Phi) is 4.48. The molecule has 0 N–H and O–H groups in total. The van der Waals surface area contributed by atoms with Crippen LogP contribution in [0.25, 0.3) is 0 Å². The summed E-state index contributed by atoms with van der Waals surface area (Å²) in [6.45, 7) is 5.54. The first-order valence-electron chi connectivity index (χ1n) is 4.79. The smallest absolute Gasteiger partial charge is 0.311 e. The average molecular weight is 215 g/mol. The van der Waals surface area contributed by atoms with Crippen molar-refractivity contribution >= 4 is 18.6 Å². The monoisotopic (exact) mass is 215 g/mol. The second-order valence-electron chi connectivity index (χ2n) is 3.64. The minimum absolute atomic E-state index is 0.1000. The maximum absolute atomic E-state index is 11.6. The molecule has 1 aliphatic heterocycles. The highest BCUT2D eigenvalue weighted by Crippen LogP contribution is 2.22. The van der Waals surface area contributed by atoms with Crippen molar-refractivity contribution < 1.29 is 9.53 Å². The Balaban J connectivity index is 2.46. The lowest BCUT2D eigenvalue weighted by molar-refractivity contribution is -0.148. The SMILES string of the molecule is C=CCOC(=O)C1CN(C)CCC1S. The largest absolute Gasteiger partial charge is 0.461 e. The molecule has 80 valence electrons. The van der Waals surface area contributed by atoms with Gasteiger partial charge in [0.05, 0.1) is 5.92 Å². The second-order valence-corrected chi connectivity index (χ2v) is 4.31. The molecule has 1 saturated heterocycles. The van der Waals surface area contributed by atoms with Crippen LogP contribution in [-0.2, 0) is 9.53 Å². The van der Waals surface area contributed by atoms with Crippen molar-refractivity contribution in [2.45, 2.75) is 11.7 Å². The fourth-order valence-corrected chi connectivity index (χ4v) is 1.91. The fourth-order valence-electron chi connectivity index (χ4n) is 1.58. The summed E-state index contributed by atoms with van der Waals surface area (Å²) in [6, 6.07) is 0. The van der Waals surface area contributed by atoms with Crippen LogP contribution in [0.2, 0.25) is 0 Å². The molecule has 0 radical (unpaired) electrons. The van der Waals surface area contributed by atoms with Crippen molar-refractivity contribution in [3.05, 3.63) is 12.7 Å². The van der Waals surface area contributed by atoms with Crippen LogP contribution in [0.15, 0.2) is 12.7 Å². The van der Waals surface area contributed by atoms with Gasteiger partial charge in [-0.25, -0.2) is 0 Å². The Morgan fingerprint density at radius 3 is 3.14 bits per heavy atom. The number of piperidine rings is 1. The van der Waals surface area contributed by atoms with Gasteiger partial charge in [0.15, 0.2) is 0 Å². The van der Waals surface area contributed by atoms with E-state index in [9.17, 15) is 4.79 Å². The van der Waals surface area contributed by atoms with E-state index in [0.717, 1.165) is 19.5 Å². The quantitative estimate of drug-likeness (QED) is 0.432. The molecular weight excluding hydrogens is 198 g/mol. The number of esters is 1. The number of carbonyl (C=O) groups is 1. The second kappa shape index (κ2) is 5.41. The van der Waals surface area contributed by atoms with E-state index in [-0.39, 0.29) is 17.1 Å². The molecule has 1 aliphatic rings. The summed E-state index contributed by atoms with van der Waals surface area (Å²) in [5, 5.41) is 0.128. The Bertz CT molecular complexity index is 220. The molecule has 0 saturated carbocycles. The Morgan fingerprint density at radius 1 is 1.79 bits per heavy atom. The summed E-state index contributed by atoms with van der Waals surface area (Å²) >= 11 is 4.41. The average Bonchev–Trinajstić information content (AvgIpc) is 2.18. The van der Waals surface area contributed by atoms with Crippen molar-refractivity contribution in [3.63, 3.8) is 0 Å². The van der Waals surface area contributed by atoms with Gasteiger partial charge in [0.1, 0.15) is 6.61 Å². The molecule has 0 bridgehead atoms. The van der Waals surface area contributed by atoms with Crippen LogP contribution in [0, 0.1) is 5.92 Å². The molecule has 1 fully saturated rings. The Hall–Kier alpha value is -0.480. The van der Waals surface area contributed by atoms with E-state index in [1.54, 1.807) is 6.08 Å². The van der Waals surface area contributed by atoms with Gasteiger partial charge in [0.2, 0.25) is 0 Å². The van der Waals surface area contributed by atoms with E-state index in [4.69, 9.17) is 4.74 Å². The highest BCUT2D eigenvalue weighted by molar-refractivity contribution is 7.81. The van der Waals surface area contributed by atoms with Gasteiger partial charge >= 0.3 is 5.97 Å². The topological polar surface area (TPSA) is 29.5 Å². The molecule has 0 aromatic carbocycles. The summed E-state index contributed by atoms with van der Waals surface area (Å²) in [5.41, 5.74) is 0. The fraction of sp³-hybridized carbons (Fsp3) is 0.700. The molecule has 4 heteroatoms. The molecular formula is C10H17NO2S. The summed E-state index contributed by atoms with van der Waals surface area (Å²) in [6.07, 6.45) is 2.52. The highest BCUT2D eigenvalue weighted by atomic mass is 32.1. The minimum atomic E-state index is -0.156. The van der Waals surface area contributed by atoms with E-state index in [0.29, 0.717) is 6.61 Å². The number of rotatable bonds is 3. The maximum atomic E-state index is 11.6. The normalized spacial score (nSPS) is 28.4. The molecule has 0 aromatic heterocycles. The Labute approximate surface area is 90.5 Å². The van der Waals surface area contributed by atoms with E-state index in [2.05, 4.69) is 24.1 Å². The molecule has 1 rings (SSSR count). The number of hydrogen-bond acceptors (Lipinski definition) is 4. The van der Waals surface area contributed by atoms with Crippen molar-refractivity contribution in [3.8, 4) is 0 Å². The minimum Gasteiger partial charge on any atom is -0.461 e. The van der Waals surface area contributed by atoms with E-state index < -0.39 is 0 Å². The highest BCUT2D eigenvalue weighted by Gasteiger charge is 2.31. The molecule has 2 atom stereocenters. The number of carbonyl (C=O) groups excluding carboxylic acids is 1. The maximum Gasteiger partial charge on any atom is 0.311 e. The molecule has 0 amide bonds. The van der Waals surface area contributed by atoms with Crippen LogP contribution >= 0.6 is 12.6 Å². The van der Waals surface area contributed by atoms with Crippen molar-refractivity contribution in [2.75, 3.05) is 26.7 Å². The van der Waals surface area contributed by atoms with Gasteiger partial charge < -0.3 is 9.64 Å². The molecule has 0 aliphatic carbocycles. The third-order valence-electron chi connectivity index (χ3n) is 2.43. The van der Waals surface area contributed by atoms with Crippen LogP contribution in [0.5, 0.6) is 0 Å². The first-order valence-corrected chi connectivity index (χ1v) is 5.31. The standard InChI is InChI=1S/C10H17NO2S/c1-3-6-13-10(12)8-7-11(2)5-4-9(8)14/h3,8-9,14H,1,4-7H2,2H3. The van der Waals surface area contributed by atoms with Gasteiger partial charge in [-0.3, -0.25) is 4.79 Å². The van der Waals surface area contributed by atoms with Crippen LogP contribution in [0.4, 0.5) is 0 Å². The van der Waals surface area contributed by atoms with Crippen LogP contribution in [0.1, 0.15) is 6.42 Å². The van der Waals surface area contributed by atoms with Crippen LogP contribution < -0.4 is 0 Å². The summed E-state index contributed by atoms with van der Waals surface area (Å²) in [7, 11) is 2.01. The van der Waals surface area contributed by atoms with E-state index in [1.165, 1.54) is 0 Å². The third kappa shape index (κ3) is 3.03. The van der Waals surface area contributed by atoms with Gasteiger partial charge in [-0.2, -0.15) is 12.6 Å². The number of ether oxygens (including phenoxy) is 1. The van der Waals surface area contributed by atoms with Crippen molar-refractivity contribution in [1.82, 2.24) is 4.90 Å². The van der Waals surface area contributed by atoms with Crippen molar-refractivity contribution in [1.29, 1.82) is 0 Å². The zero-order valence-corrected chi connectivity index (χ0v) is 9.37. The zero-order valence-electron chi connectivity index (χ0n) is 8.48. The Morgan fingerprint density at radius 2 is 2.50 bits per heavy atom. The summed E-state index contributed by atoms with van der Waals surface area (Å²) in [4.78, 5) is 13.7. The van der Waals surface area contributed by atoms with Gasteiger partial charge in [-0.05, 0) is 20.0 Å². The van der Waals surface area contributed by atoms with Crippen LogP contribution in [0.3, 0.4) is 0 Å². The zero-order chi connectivity index (χ0) is 10.6. The molecule has 1 heterocycles. The predicted octanol–water partition coefficient (Wildman–Crippen LogP) is 0.966. The number of likely N-dealkylation sites (tertiary alicyclic amines) is 1. The van der Waals surface area contributed by atoms with Crippen molar-refractivity contribution in [2.24, 2.45) is 5.92 Å². The summed E-state index contributed by atoms with van der Waals surface area (Å²) in [5.74, 6) is -0.256.